The number of allylic oxidation sites excluding steroid dienone is 2. The van der Waals surface area contributed by atoms with Gasteiger partial charge in [0.1, 0.15) is 12.2 Å². The monoisotopic (exact) mass is 252 g/mol. The van der Waals surface area contributed by atoms with E-state index in [2.05, 4.69) is 13.8 Å². The molecule has 0 aliphatic carbocycles. The Morgan fingerprint density at radius 3 is 2.67 bits per heavy atom. The number of carbonyl (C=O) groups is 1. The Labute approximate surface area is 110 Å². The van der Waals surface area contributed by atoms with Gasteiger partial charge in [0, 0.05) is 6.08 Å². The lowest BCUT2D eigenvalue weighted by Crippen LogP contribution is -2.38. The van der Waals surface area contributed by atoms with Crippen LogP contribution in [0.4, 0.5) is 0 Å². The minimum absolute atomic E-state index is 0.281. The van der Waals surface area contributed by atoms with E-state index in [4.69, 9.17) is 9.47 Å². The molecule has 0 amide bonds. The van der Waals surface area contributed by atoms with E-state index in [0.717, 1.165) is 31.3 Å². The van der Waals surface area contributed by atoms with Crippen LogP contribution in [0.1, 0.15) is 53.4 Å². The summed E-state index contributed by atoms with van der Waals surface area (Å²) in [6, 6.07) is 0. The number of rotatable bonds is 5. The topological polar surface area (TPSA) is 35.5 Å². The first-order valence-corrected chi connectivity index (χ1v) is 6.68. The van der Waals surface area contributed by atoms with Crippen molar-refractivity contribution in [3.63, 3.8) is 0 Å². The first-order valence-electron chi connectivity index (χ1n) is 6.68. The van der Waals surface area contributed by atoms with Crippen LogP contribution in [-0.2, 0) is 14.3 Å². The Morgan fingerprint density at radius 1 is 1.50 bits per heavy atom. The van der Waals surface area contributed by atoms with Gasteiger partial charge in [0.05, 0.1) is 6.26 Å². The molecule has 1 rings (SSSR count). The summed E-state index contributed by atoms with van der Waals surface area (Å²) >= 11 is 0. The molecule has 1 aliphatic heterocycles. The Bertz CT molecular complexity index is 351. The van der Waals surface area contributed by atoms with E-state index in [1.807, 2.05) is 20.1 Å². The molecule has 1 unspecified atom stereocenters. The smallest absolute Gasteiger partial charge is 0.330 e. The maximum atomic E-state index is 11.5. The lowest BCUT2D eigenvalue weighted by molar-refractivity contribution is -0.147. The summed E-state index contributed by atoms with van der Waals surface area (Å²) < 4.78 is 11.1. The molecule has 1 heterocycles. The van der Waals surface area contributed by atoms with E-state index in [-0.39, 0.29) is 11.6 Å². The van der Waals surface area contributed by atoms with E-state index < -0.39 is 0 Å². The number of esters is 1. The molecule has 0 radical (unpaired) electrons. The van der Waals surface area contributed by atoms with Gasteiger partial charge in [0.25, 0.3) is 0 Å². The molecule has 18 heavy (non-hydrogen) atoms. The standard InChI is InChI=1S/C15H24O3/c1-5-13-7-8-15(6-2,18-10-13)11-17-14(16)9-12(3)4/h9-10H,5-8,11H2,1-4H3. The number of hydrogen-bond acceptors (Lipinski definition) is 3. The van der Waals surface area contributed by atoms with Crippen LogP contribution in [0, 0.1) is 0 Å². The zero-order chi connectivity index (χ0) is 13.6. The van der Waals surface area contributed by atoms with Crippen LogP contribution < -0.4 is 0 Å². The first kappa shape index (κ1) is 14.8. The van der Waals surface area contributed by atoms with E-state index in [0.29, 0.717) is 6.61 Å². The van der Waals surface area contributed by atoms with E-state index in [1.165, 1.54) is 11.6 Å². The quantitative estimate of drug-likeness (QED) is 0.552. The van der Waals surface area contributed by atoms with Gasteiger partial charge >= 0.3 is 5.97 Å². The average Bonchev–Trinajstić information content (AvgIpc) is 2.36. The van der Waals surface area contributed by atoms with Gasteiger partial charge in [-0.25, -0.2) is 4.79 Å². The summed E-state index contributed by atoms with van der Waals surface area (Å²) in [4.78, 5) is 11.5. The van der Waals surface area contributed by atoms with E-state index in [9.17, 15) is 4.79 Å². The summed E-state index contributed by atoms with van der Waals surface area (Å²) in [5, 5.41) is 0. The maximum absolute atomic E-state index is 11.5. The van der Waals surface area contributed by atoms with Crippen molar-refractivity contribution in [1.29, 1.82) is 0 Å². The van der Waals surface area contributed by atoms with Crippen LogP contribution in [0.3, 0.4) is 0 Å². The van der Waals surface area contributed by atoms with Gasteiger partial charge in [-0.3, -0.25) is 0 Å². The minimum Gasteiger partial charge on any atom is -0.491 e. The molecule has 0 bridgehead atoms. The van der Waals surface area contributed by atoms with E-state index in [1.54, 1.807) is 0 Å². The highest BCUT2D eigenvalue weighted by molar-refractivity contribution is 5.82. The highest BCUT2D eigenvalue weighted by Crippen LogP contribution is 2.31. The number of ether oxygens (including phenoxy) is 2. The molecule has 3 heteroatoms. The van der Waals surface area contributed by atoms with Crippen LogP contribution in [0.2, 0.25) is 0 Å². The van der Waals surface area contributed by atoms with Crippen molar-refractivity contribution in [3.05, 3.63) is 23.5 Å². The summed E-state index contributed by atoms with van der Waals surface area (Å²) in [5.74, 6) is -0.281. The van der Waals surface area contributed by atoms with Crippen molar-refractivity contribution < 1.29 is 14.3 Å². The molecule has 3 nitrogen and oxygen atoms in total. The second kappa shape index (κ2) is 6.62. The van der Waals surface area contributed by atoms with Gasteiger partial charge in [-0.1, -0.05) is 19.4 Å². The van der Waals surface area contributed by atoms with Crippen LogP contribution in [0.25, 0.3) is 0 Å². The van der Waals surface area contributed by atoms with Crippen molar-refractivity contribution in [2.24, 2.45) is 0 Å². The van der Waals surface area contributed by atoms with Crippen molar-refractivity contribution >= 4 is 5.97 Å². The predicted octanol–water partition coefficient (Wildman–Crippen LogP) is 3.75. The van der Waals surface area contributed by atoms with Gasteiger partial charge in [-0.2, -0.15) is 0 Å². The van der Waals surface area contributed by atoms with Crippen LogP contribution in [-0.4, -0.2) is 18.2 Å². The second-order valence-electron chi connectivity index (χ2n) is 5.11. The lowest BCUT2D eigenvalue weighted by Gasteiger charge is -2.35. The fourth-order valence-corrected chi connectivity index (χ4v) is 1.92. The first-order chi connectivity index (χ1) is 8.51. The van der Waals surface area contributed by atoms with Crippen LogP contribution >= 0.6 is 0 Å². The SMILES string of the molecule is CCC1=COC(CC)(COC(=O)C=C(C)C)CC1. The fraction of sp³-hybridized carbons (Fsp3) is 0.667. The Kier molecular flexibility index (Phi) is 5.45. The molecule has 0 aromatic heterocycles. The van der Waals surface area contributed by atoms with Gasteiger partial charge in [-0.05, 0) is 45.1 Å². The molecule has 0 saturated heterocycles. The molecular formula is C15H24O3. The number of hydrogen-bond donors (Lipinski definition) is 0. The highest BCUT2D eigenvalue weighted by Gasteiger charge is 2.33. The van der Waals surface area contributed by atoms with Crippen molar-refractivity contribution in [1.82, 2.24) is 0 Å². The highest BCUT2D eigenvalue weighted by atomic mass is 16.6. The fourth-order valence-electron chi connectivity index (χ4n) is 1.92. The van der Waals surface area contributed by atoms with E-state index >= 15 is 0 Å². The molecule has 0 aromatic rings. The largest absolute Gasteiger partial charge is 0.491 e. The summed E-state index contributed by atoms with van der Waals surface area (Å²) in [7, 11) is 0. The molecule has 0 aromatic carbocycles. The zero-order valence-corrected chi connectivity index (χ0v) is 11.9. The third kappa shape index (κ3) is 4.21. The van der Waals surface area contributed by atoms with Crippen molar-refractivity contribution in [2.75, 3.05) is 6.61 Å². The third-order valence-corrected chi connectivity index (χ3v) is 3.36. The third-order valence-electron chi connectivity index (χ3n) is 3.36. The predicted molar refractivity (Wildman–Crippen MR) is 72.1 cm³/mol. The van der Waals surface area contributed by atoms with Crippen LogP contribution in [0.5, 0.6) is 0 Å². The van der Waals surface area contributed by atoms with Crippen LogP contribution in [0.15, 0.2) is 23.5 Å². The van der Waals surface area contributed by atoms with Gasteiger partial charge in [-0.15, -0.1) is 0 Å². The summed E-state index contributed by atoms with van der Waals surface area (Å²) in [6.45, 7) is 8.29. The lowest BCUT2D eigenvalue weighted by atomic mass is 9.90. The summed E-state index contributed by atoms with van der Waals surface area (Å²) in [6.07, 6.45) is 7.19. The Morgan fingerprint density at radius 2 is 2.22 bits per heavy atom. The molecule has 1 aliphatic rings. The average molecular weight is 252 g/mol. The molecular weight excluding hydrogens is 228 g/mol. The summed E-state index contributed by atoms with van der Waals surface area (Å²) in [5.41, 5.74) is 1.95. The van der Waals surface area contributed by atoms with Crippen molar-refractivity contribution in [3.8, 4) is 0 Å². The molecule has 102 valence electrons. The Hall–Kier alpha value is -1.25. The van der Waals surface area contributed by atoms with Crippen molar-refractivity contribution in [2.45, 2.75) is 59.0 Å². The maximum Gasteiger partial charge on any atom is 0.330 e. The Balaban J connectivity index is 2.55. The minimum atomic E-state index is -0.330. The molecule has 0 fully saturated rings. The van der Waals surface area contributed by atoms with Gasteiger partial charge in [0.15, 0.2) is 0 Å². The van der Waals surface area contributed by atoms with Gasteiger partial charge < -0.3 is 9.47 Å². The zero-order valence-electron chi connectivity index (χ0n) is 11.9. The molecule has 0 saturated carbocycles. The normalized spacial score (nSPS) is 22.8. The second-order valence-corrected chi connectivity index (χ2v) is 5.11. The molecule has 1 atom stereocenters. The van der Waals surface area contributed by atoms with Gasteiger partial charge in [0.2, 0.25) is 0 Å². The number of carbonyl (C=O) groups excluding carboxylic acids is 1. The molecule has 0 spiro atoms. The molecule has 0 N–H and O–H groups in total.